The lowest BCUT2D eigenvalue weighted by Crippen LogP contribution is -2.47. The van der Waals surface area contributed by atoms with Crippen LogP contribution in [-0.4, -0.2) is 57.5 Å². The largest absolute Gasteiger partial charge is 0.317 e. The zero-order valence-corrected chi connectivity index (χ0v) is 14.0. The minimum Gasteiger partial charge on any atom is -0.317 e. The van der Waals surface area contributed by atoms with Crippen LogP contribution >= 0.6 is 0 Å². The zero-order valence-electron chi connectivity index (χ0n) is 13.2. The number of sulfone groups is 1. The molecule has 2 aliphatic rings. The molecule has 118 valence electrons. The van der Waals surface area contributed by atoms with Gasteiger partial charge in [0.25, 0.3) is 0 Å². The van der Waals surface area contributed by atoms with Crippen molar-refractivity contribution in [1.82, 2.24) is 10.2 Å². The Kier molecular flexibility index (Phi) is 5.14. The predicted octanol–water partition coefficient (Wildman–Crippen LogP) is 1.52. The molecule has 20 heavy (non-hydrogen) atoms. The summed E-state index contributed by atoms with van der Waals surface area (Å²) in [5.41, 5.74) is 0.427. The standard InChI is InChI=1S/C15H30N2O2S/c1-15(2)6-5-14(16-3)13(11-15)12-17-7-4-9-20(18,19)10-8-17/h13-14,16H,4-12H2,1-3H3. The van der Waals surface area contributed by atoms with Crippen LogP contribution in [0.3, 0.4) is 0 Å². The molecule has 1 saturated heterocycles. The fourth-order valence-corrected chi connectivity index (χ4v) is 5.12. The third-order valence-electron chi connectivity index (χ3n) is 5.03. The summed E-state index contributed by atoms with van der Waals surface area (Å²) < 4.78 is 23.4. The maximum atomic E-state index is 11.7. The molecule has 0 bridgehead atoms. The minimum absolute atomic E-state index is 0.341. The fraction of sp³-hybridized carbons (Fsp3) is 1.00. The van der Waals surface area contributed by atoms with Gasteiger partial charge in [-0.2, -0.15) is 0 Å². The van der Waals surface area contributed by atoms with Crippen molar-refractivity contribution < 1.29 is 8.42 Å². The number of hydrogen-bond acceptors (Lipinski definition) is 4. The Morgan fingerprint density at radius 1 is 1.25 bits per heavy atom. The molecular formula is C15H30N2O2S. The number of hydrogen-bond donors (Lipinski definition) is 1. The van der Waals surface area contributed by atoms with Gasteiger partial charge in [-0.15, -0.1) is 0 Å². The highest BCUT2D eigenvalue weighted by molar-refractivity contribution is 7.91. The summed E-state index contributed by atoms with van der Waals surface area (Å²) in [6.45, 7) is 7.42. The smallest absolute Gasteiger partial charge is 0.151 e. The molecule has 0 aromatic heterocycles. The molecule has 4 nitrogen and oxygen atoms in total. The van der Waals surface area contributed by atoms with E-state index in [0.717, 1.165) is 26.1 Å². The average Bonchev–Trinajstić information content (AvgIpc) is 2.50. The van der Waals surface area contributed by atoms with Gasteiger partial charge in [0.2, 0.25) is 0 Å². The molecule has 1 saturated carbocycles. The molecule has 2 atom stereocenters. The SMILES string of the molecule is CNC1CCC(C)(C)CC1CN1CCCS(=O)(=O)CC1. The Bertz CT molecular complexity index is 420. The van der Waals surface area contributed by atoms with Crippen LogP contribution in [0.2, 0.25) is 0 Å². The summed E-state index contributed by atoms with van der Waals surface area (Å²) in [5, 5.41) is 3.47. The quantitative estimate of drug-likeness (QED) is 0.859. The van der Waals surface area contributed by atoms with Crippen LogP contribution in [0.25, 0.3) is 0 Å². The van der Waals surface area contributed by atoms with Crippen LogP contribution < -0.4 is 5.32 Å². The first-order chi connectivity index (χ1) is 9.31. The van der Waals surface area contributed by atoms with Crippen molar-refractivity contribution in [3.63, 3.8) is 0 Å². The first-order valence-electron chi connectivity index (χ1n) is 7.91. The molecule has 0 amide bonds. The highest BCUT2D eigenvalue weighted by Gasteiger charge is 2.35. The Labute approximate surface area is 124 Å². The molecule has 0 radical (unpaired) electrons. The van der Waals surface area contributed by atoms with E-state index in [9.17, 15) is 8.42 Å². The third-order valence-corrected chi connectivity index (χ3v) is 6.74. The normalized spacial score (nSPS) is 34.5. The summed E-state index contributed by atoms with van der Waals surface area (Å²) >= 11 is 0. The van der Waals surface area contributed by atoms with Crippen LogP contribution in [0.4, 0.5) is 0 Å². The van der Waals surface area contributed by atoms with Gasteiger partial charge in [0, 0.05) is 19.1 Å². The van der Waals surface area contributed by atoms with E-state index in [0.29, 0.717) is 28.9 Å². The van der Waals surface area contributed by atoms with Crippen molar-refractivity contribution >= 4 is 9.84 Å². The lowest BCUT2D eigenvalue weighted by Gasteiger charge is -2.42. The zero-order chi connectivity index (χ0) is 14.8. The number of nitrogens with zero attached hydrogens (tertiary/aromatic N) is 1. The van der Waals surface area contributed by atoms with E-state index in [1.165, 1.54) is 19.3 Å². The van der Waals surface area contributed by atoms with Gasteiger partial charge < -0.3 is 10.2 Å². The molecule has 0 spiro atoms. The van der Waals surface area contributed by atoms with Gasteiger partial charge in [0.15, 0.2) is 9.84 Å². The molecule has 2 fully saturated rings. The Morgan fingerprint density at radius 3 is 2.70 bits per heavy atom. The lowest BCUT2D eigenvalue weighted by molar-refractivity contribution is 0.106. The summed E-state index contributed by atoms with van der Waals surface area (Å²) in [4.78, 5) is 2.38. The van der Waals surface area contributed by atoms with E-state index in [4.69, 9.17) is 0 Å². The van der Waals surface area contributed by atoms with Crippen LogP contribution in [-0.2, 0) is 9.84 Å². The molecule has 1 heterocycles. The van der Waals surface area contributed by atoms with E-state index >= 15 is 0 Å². The molecule has 1 N–H and O–H groups in total. The molecular weight excluding hydrogens is 272 g/mol. The third kappa shape index (κ3) is 4.43. The average molecular weight is 302 g/mol. The van der Waals surface area contributed by atoms with E-state index in [2.05, 4.69) is 31.1 Å². The van der Waals surface area contributed by atoms with Crippen molar-refractivity contribution in [1.29, 1.82) is 0 Å². The van der Waals surface area contributed by atoms with Gasteiger partial charge in [0.05, 0.1) is 11.5 Å². The van der Waals surface area contributed by atoms with Gasteiger partial charge in [-0.1, -0.05) is 13.8 Å². The Morgan fingerprint density at radius 2 is 2.00 bits per heavy atom. The predicted molar refractivity (Wildman–Crippen MR) is 83.7 cm³/mol. The van der Waals surface area contributed by atoms with E-state index in [1.807, 2.05) is 0 Å². The summed E-state index contributed by atoms with van der Waals surface area (Å²) in [6.07, 6.45) is 4.55. The first kappa shape index (κ1) is 16.2. The lowest BCUT2D eigenvalue weighted by atomic mass is 9.69. The monoisotopic (exact) mass is 302 g/mol. The Hall–Kier alpha value is -0.130. The second-order valence-electron chi connectivity index (χ2n) is 7.37. The topological polar surface area (TPSA) is 49.4 Å². The number of rotatable bonds is 3. The highest BCUT2D eigenvalue weighted by atomic mass is 32.2. The minimum atomic E-state index is -2.79. The van der Waals surface area contributed by atoms with Crippen LogP contribution in [0.1, 0.15) is 39.5 Å². The molecule has 2 unspecified atom stereocenters. The number of nitrogens with one attached hydrogen (secondary N) is 1. The van der Waals surface area contributed by atoms with E-state index in [1.54, 1.807) is 0 Å². The second kappa shape index (κ2) is 6.32. The van der Waals surface area contributed by atoms with Crippen LogP contribution in [0.15, 0.2) is 0 Å². The molecule has 1 aliphatic carbocycles. The van der Waals surface area contributed by atoms with Gasteiger partial charge in [-0.25, -0.2) is 8.42 Å². The van der Waals surface area contributed by atoms with Crippen molar-refractivity contribution in [3.05, 3.63) is 0 Å². The molecule has 5 heteroatoms. The summed E-state index contributed by atoms with van der Waals surface area (Å²) in [7, 11) is -0.734. The first-order valence-corrected chi connectivity index (χ1v) is 9.73. The van der Waals surface area contributed by atoms with E-state index < -0.39 is 9.84 Å². The molecule has 0 aromatic carbocycles. The van der Waals surface area contributed by atoms with E-state index in [-0.39, 0.29) is 0 Å². The summed E-state index contributed by atoms with van der Waals surface area (Å²) in [5.74, 6) is 1.35. The van der Waals surface area contributed by atoms with Crippen molar-refractivity contribution in [2.24, 2.45) is 11.3 Å². The highest BCUT2D eigenvalue weighted by Crippen LogP contribution is 2.39. The van der Waals surface area contributed by atoms with Gasteiger partial charge in [0.1, 0.15) is 0 Å². The maximum Gasteiger partial charge on any atom is 0.151 e. The van der Waals surface area contributed by atoms with Gasteiger partial charge in [-0.05, 0) is 50.6 Å². The molecule has 1 aliphatic heterocycles. The van der Waals surface area contributed by atoms with Gasteiger partial charge >= 0.3 is 0 Å². The Balaban J connectivity index is 1.96. The fourth-order valence-electron chi connectivity index (χ4n) is 3.81. The van der Waals surface area contributed by atoms with Crippen molar-refractivity contribution in [2.45, 2.75) is 45.6 Å². The van der Waals surface area contributed by atoms with Crippen LogP contribution in [0, 0.1) is 11.3 Å². The maximum absolute atomic E-state index is 11.7. The summed E-state index contributed by atoms with van der Waals surface area (Å²) in [6, 6.07) is 0.586. The molecule has 2 rings (SSSR count). The molecule has 0 aromatic rings. The van der Waals surface area contributed by atoms with Crippen molar-refractivity contribution in [3.8, 4) is 0 Å². The van der Waals surface area contributed by atoms with Crippen LogP contribution in [0.5, 0.6) is 0 Å². The second-order valence-corrected chi connectivity index (χ2v) is 9.67. The van der Waals surface area contributed by atoms with Gasteiger partial charge in [-0.3, -0.25) is 0 Å². The van der Waals surface area contributed by atoms with Crippen molar-refractivity contribution in [2.75, 3.05) is 38.2 Å².